The topological polar surface area (TPSA) is 49.8 Å². The Kier molecular flexibility index (Phi) is 5.60. The Balaban J connectivity index is 1.62. The third-order valence-electron chi connectivity index (χ3n) is 5.37. The Labute approximate surface area is 176 Å². The minimum atomic E-state index is 0.145. The summed E-state index contributed by atoms with van der Waals surface area (Å²) in [5.41, 5.74) is 6.40. The van der Waals surface area contributed by atoms with Gasteiger partial charge in [0.1, 0.15) is 0 Å². The van der Waals surface area contributed by atoms with Gasteiger partial charge in [-0.05, 0) is 79.2 Å². The molecule has 5 heteroatoms. The maximum absolute atomic E-state index is 4.38. The van der Waals surface area contributed by atoms with Crippen molar-refractivity contribution in [2.75, 3.05) is 12.4 Å². The Hall–Kier alpha value is -2.76. The van der Waals surface area contributed by atoms with Gasteiger partial charge in [-0.1, -0.05) is 24.3 Å². The molecule has 0 bridgehead atoms. The highest BCUT2D eigenvalue weighted by molar-refractivity contribution is 7.10. The minimum Gasteiger partial charge on any atom is -0.361 e. The van der Waals surface area contributed by atoms with Gasteiger partial charge in [-0.3, -0.25) is 0 Å². The van der Waals surface area contributed by atoms with Gasteiger partial charge < -0.3 is 10.6 Å². The maximum atomic E-state index is 4.38. The first-order valence-electron chi connectivity index (χ1n) is 9.87. The standard InChI is InChI=1S/C24H26N4S/c1-15-9-19-13-26-28-24(22(19)10-16(15)2)27-17(3)23-11-20(14-29-23)21-8-6-5-7-18(21)12-25-4/h5-11,13-14,17,25H,12H2,1-4H3,(H,27,28). The first kappa shape index (κ1) is 19.6. The fourth-order valence-corrected chi connectivity index (χ4v) is 4.52. The smallest absolute Gasteiger partial charge is 0.157 e. The van der Waals surface area contributed by atoms with Crippen molar-refractivity contribution < 1.29 is 0 Å². The molecule has 0 saturated carbocycles. The van der Waals surface area contributed by atoms with Gasteiger partial charge in [0.2, 0.25) is 0 Å². The van der Waals surface area contributed by atoms with E-state index in [9.17, 15) is 0 Å². The third-order valence-corrected chi connectivity index (χ3v) is 6.49. The number of anilines is 1. The van der Waals surface area contributed by atoms with E-state index in [4.69, 9.17) is 0 Å². The van der Waals surface area contributed by atoms with Crippen LogP contribution in [-0.2, 0) is 6.54 Å². The summed E-state index contributed by atoms with van der Waals surface area (Å²) in [6, 6.07) is 15.4. The van der Waals surface area contributed by atoms with Crippen molar-refractivity contribution in [2.24, 2.45) is 0 Å². The molecule has 0 radical (unpaired) electrons. The maximum Gasteiger partial charge on any atom is 0.157 e. The number of fused-ring (bicyclic) bond motifs is 1. The largest absolute Gasteiger partial charge is 0.361 e. The molecule has 0 saturated heterocycles. The number of nitrogens with one attached hydrogen (secondary N) is 2. The second-order valence-corrected chi connectivity index (χ2v) is 8.45. The fourth-order valence-electron chi connectivity index (χ4n) is 3.60. The summed E-state index contributed by atoms with van der Waals surface area (Å²) in [5, 5.41) is 19.9. The predicted molar refractivity (Wildman–Crippen MR) is 124 cm³/mol. The minimum absolute atomic E-state index is 0.145. The van der Waals surface area contributed by atoms with Crippen LogP contribution in [0.3, 0.4) is 0 Å². The molecule has 4 aromatic rings. The summed E-state index contributed by atoms with van der Waals surface area (Å²) in [6.45, 7) is 7.30. The van der Waals surface area contributed by atoms with Crippen molar-refractivity contribution in [1.82, 2.24) is 15.5 Å². The molecule has 1 unspecified atom stereocenters. The quantitative estimate of drug-likeness (QED) is 0.424. The molecule has 0 aliphatic rings. The number of rotatable bonds is 6. The van der Waals surface area contributed by atoms with Crippen LogP contribution in [0.5, 0.6) is 0 Å². The lowest BCUT2D eigenvalue weighted by molar-refractivity contribution is 0.819. The van der Waals surface area contributed by atoms with Gasteiger partial charge in [0.25, 0.3) is 0 Å². The van der Waals surface area contributed by atoms with Gasteiger partial charge in [0.05, 0.1) is 12.2 Å². The van der Waals surface area contributed by atoms with Crippen LogP contribution in [0.15, 0.2) is 54.0 Å². The molecule has 4 nitrogen and oxygen atoms in total. The van der Waals surface area contributed by atoms with E-state index in [1.807, 2.05) is 13.2 Å². The van der Waals surface area contributed by atoms with Gasteiger partial charge in [0, 0.05) is 22.2 Å². The van der Waals surface area contributed by atoms with Crippen LogP contribution in [0.2, 0.25) is 0 Å². The zero-order valence-corrected chi connectivity index (χ0v) is 18.1. The van der Waals surface area contributed by atoms with Gasteiger partial charge in [-0.2, -0.15) is 5.10 Å². The molecule has 2 heterocycles. The molecule has 29 heavy (non-hydrogen) atoms. The van der Waals surface area contributed by atoms with Crippen molar-refractivity contribution in [3.63, 3.8) is 0 Å². The highest BCUT2D eigenvalue weighted by atomic mass is 32.1. The van der Waals surface area contributed by atoms with E-state index in [-0.39, 0.29) is 6.04 Å². The molecule has 148 valence electrons. The number of thiophene rings is 1. The highest BCUT2D eigenvalue weighted by Gasteiger charge is 2.14. The summed E-state index contributed by atoms with van der Waals surface area (Å²) in [7, 11) is 1.98. The summed E-state index contributed by atoms with van der Waals surface area (Å²) >= 11 is 1.78. The van der Waals surface area contributed by atoms with E-state index in [2.05, 4.69) is 89.4 Å². The first-order valence-corrected chi connectivity index (χ1v) is 10.7. The second-order valence-electron chi connectivity index (χ2n) is 7.51. The zero-order chi connectivity index (χ0) is 20.4. The normalized spacial score (nSPS) is 12.3. The Morgan fingerprint density at radius 3 is 2.69 bits per heavy atom. The summed E-state index contributed by atoms with van der Waals surface area (Å²) in [4.78, 5) is 1.28. The van der Waals surface area contributed by atoms with Crippen LogP contribution in [0.1, 0.15) is 34.5 Å². The lowest BCUT2D eigenvalue weighted by Gasteiger charge is -2.15. The first-order chi connectivity index (χ1) is 14.1. The number of aromatic nitrogens is 2. The van der Waals surface area contributed by atoms with Crippen molar-refractivity contribution in [3.8, 4) is 11.1 Å². The summed E-state index contributed by atoms with van der Waals surface area (Å²) in [5.74, 6) is 0.837. The summed E-state index contributed by atoms with van der Waals surface area (Å²) in [6.07, 6.45) is 1.83. The van der Waals surface area contributed by atoms with Crippen LogP contribution in [0.4, 0.5) is 5.82 Å². The van der Waals surface area contributed by atoms with E-state index in [1.54, 1.807) is 11.3 Å². The van der Waals surface area contributed by atoms with E-state index in [1.165, 1.54) is 32.7 Å². The third kappa shape index (κ3) is 4.02. The summed E-state index contributed by atoms with van der Waals surface area (Å²) < 4.78 is 0. The zero-order valence-electron chi connectivity index (χ0n) is 17.3. The molecular weight excluding hydrogens is 376 g/mol. The molecule has 2 aromatic heterocycles. The second kappa shape index (κ2) is 8.31. The molecule has 0 spiro atoms. The molecule has 0 fully saturated rings. The molecule has 0 amide bonds. The van der Waals surface area contributed by atoms with Crippen molar-refractivity contribution in [3.05, 3.63) is 75.6 Å². The number of benzene rings is 2. The molecule has 0 aliphatic heterocycles. The fraction of sp³-hybridized carbons (Fsp3) is 0.250. The molecular formula is C24H26N4S. The Bertz CT molecular complexity index is 1150. The highest BCUT2D eigenvalue weighted by Crippen LogP contribution is 2.33. The van der Waals surface area contributed by atoms with E-state index in [0.29, 0.717) is 0 Å². The van der Waals surface area contributed by atoms with E-state index in [0.717, 1.165) is 23.1 Å². The molecule has 2 aromatic carbocycles. The molecule has 2 N–H and O–H groups in total. The Morgan fingerprint density at radius 2 is 1.86 bits per heavy atom. The average Bonchev–Trinajstić information content (AvgIpc) is 3.20. The van der Waals surface area contributed by atoms with Crippen LogP contribution >= 0.6 is 11.3 Å². The van der Waals surface area contributed by atoms with Gasteiger partial charge in [0.15, 0.2) is 5.82 Å². The van der Waals surface area contributed by atoms with Crippen molar-refractivity contribution in [2.45, 2.75) is 33.4 Å². The molecule has 1 atom stereocenters. The lowest BCUT2D eigenvalue weighted by Crippen LogP contribution is -2.08. The molecule has 4 rings (SSSR count). The van der Waals surface area contributed by atoms with Gasteiger partial charge in [-0.25, -0.2) is 0 Å². The van der Waals surface area contributed by atoms with Crippen molar-refractivity contribution >= 4 is 27.9 Å². The van der Waals surface area contributed by atoms with Crippen LogP contribution in [0.25, 0.3) is 21.9 Å². The monoisotopic (exact) mass is 402 g/mol. The number of nitrogens with zero attached hydrogens (tertiary/aromatic N) is 2. The predicted octanol–water partition coefficient (Wildman–Crippen LogP) is 5.87. The Morgan fingerprint density at radius 1 is 1.07 bits per heavy atom. The molecule has 0 aliphatic carbocycles. The van der Waals surface area contributed by atoms with Crippen LogP contribution in [0, 0.1) is 13.8 Å². The van der Waals surface area contributed by atoms with Crippen LogP contribution in [-0.4, -0.2) is 17.2 Å². The number of aryl methyl sites for hydroxylation is 2. The van der Waals surface area contributed by atoms with Gasteiger partial charge >= 0.3 is 0 Å². The number of hydrogen-bond donors (Lipinski definition) is 2. The SMILES string of the molecule is CNCc1ccccc1-c1csc(C(C)Nc2nncc3cc(C)c(C)cc23)c1. The average molecular weight is 403 g/mol. The number of hydrogen-bond acceptors (Lipinski definition) is 5. The van der Waals surface area contributed by atoms with Gasteiger partial charge in [-0.15, -0.1) is 16.4 Å². The van der Waals surface area contributed by atoms with E-state index >= 15 is 0 Å². The van der Waals surface area contributed by atoms with Crippen LogP contribution < -0.4 is 10.6 Å². The van der Waals surface area contributed by atoms with Crippen molar-refractivity contribution in [1.29, 1.82) is 0 Å². The lowest BCUT2D eigenvalue weighted by atomic mass is 10.0. The van der Waals surface area contributed by atoms with E-state index < -0.39 is 0 Å².